The second-order valence-electron chi connectivity index (χ2n) is 3.88. The van der Waals surface area contributed by atoms with Crippen LogP contribution in [-0.4, -0.2) is 50.5 Å². The quantitative estimate of drug-likeness (QED) is 0.749. The summed E-state index contributed by atoms with van der Waals surface area (Å²) >= 11 is 1.08. The lowest BCUT2D eigenvalue weighted by Gasteiger charge is -2.27. The Balaban J connectivity index is 2.27. The number of carbonyl (C=O) groups is 1. The summed E-state index contributed by atoms with van der Waals surface area (Å²) in [6, 6.07) is 0. The van der Waals surface area contributed by atoms with E-state index in [9.17, 15) is 13.2 Å². The molecule has 2 N–H and O–H groups in total. The van der Waals surface area contributed by atoms with Gasteiger partial charge in [0.1, 0.15) is 10.6 Å². The lowest BCUT2D eigenvalue weighted by Crippen LogP contribution is -2.40. The molecule has 1 saturated heterocycles. The highest BCUT2D eigenvalue weighted by atomic mass is 32.2. The van der Waals surface area contributed by atoms with Crippen LogP contribution in [0.15, 0.2) is 0 Å². The maximum absolute atomic E-state index is 11.6. The predicted molar refractivity (Wildman–Crippen MR) is 68.7 cm³/mol. The minimum Gasteiger partial charge on any atom is -0.465 e. The molecule has 7 nitrogen and oxygen atoms in total. The summed E-state index contributed by atoms with van der Waals surface area (Å²) in [5.74, 6) is -0.281. The number of esters is 1. The number of sulfone groups is 1. The van der Waals surface area contributed by atoms with E-state index in [0.29, 0.717) is 18.1 Å². The Hall–Kier alpha value is -1.35. The van der Waals surface area contributed by atoms with E-state index in [4.69, 9.17) is 5.73 Å². The Kier molecular flexibility index (Phi) is 3.44. The zero-order chi connectivity index (χ0) is 13.3. The number of rotatable bonds is 2. The molecule has 2 rings (SSSR count). The van der Waals surface area contributed by atoms with Crippen LogP contribution in [0.2, 0.25) is 0 Å². The maximum Gasteiger partial charge on any atom is 0.344 e. The molecule has 2 heterocycles. The number of ether oxygens (including phenoxy) is 1. The number of nitrogens with zero attached hydrogens (tertiary/aromatic N) is 2. The summed E-state index contributed by atoms with van der Waals surface area (Å²) in [5, 5.41) is 0.578. The van der Waals surface area contributed by atoms with Crippen LogP contribution >= 0.6 is 11.5 Å². The van der Waals surface area contributed by atoms with Crippen molar-refractivity contribution in [3.05, 3.63) is 5.56 Å². The number of hydrogen-bond acceptors (Lipinski definition) is 8. The SMILES string of the molecule is COC(=O)c1c(N)nsc1N1CCS(=O)(=O)CC1. The fourth-order valence-corrected chi connectivity index (χ4v) is 3.77. The van der Waals surface area contributed by atoms with Crippen molar-refractivity contribution in [3.8, 4) is 0 Å². The number of nitrogen functional groups attached to an aromatic ring is 1. The predicted octanol–water partition coefficient (Wildman–Crippen LogP) is -0.253. The highest BCUT2D eigenvalue weighted by Gasteiger charge is 2.28. The minimum atomic E-state index is -2.96. The normalized spacial score (nSPS) is 18.6. The van der Waals surface area contributed by atoms with Crippen molar-refractivity contribution in [2.24, 2.45) is 0 Å². The molecule has 1 aliphatic heterocycles. The first-order valence-electron chi connectivity index (χ1n) is 5.23. The van der Waals surface area contributed by atoms with Gasteiger partial charge in [-0.3, -0.25) is 0 Å². The fourth-order valence-electron chi connectivity index (χ4n) is 1.72. The Morgan fingerprint density at radius 1 is 1.44 bits per heavy atom. The van der Waals surface area contributed by atoms with Gasteiger partial charge in [-0.2, -0.15) is 4.37 Å². The van der Waals surface area contributed by atoms with E-state index < -0.39 is 15.8 Å². The van der Waals surface area contributed by atoms with Crippen molar-refractivity contribution in [1.82, 2.24) is 4.37 Å². The van der Waals surface area contributed by atoms with Gasteiger partial charge in [-0.05, 0) is 11.5 Å². The van der Waals surface area contributed by atoms with E-state index in [1.807, 2.05) is 0 Å². The molecule has 0 spiro atoms. The van der Waals surface area contributed by atoms with Crippen LogP contribution in [0.3, 0.4) is 0 Å². The molecule has 1 aromatic heterocycles. The lowest BCUT2D eigenvalue weighted by molar-refractivity contribution is 0.0603. The summed E-state index contributed by atoms with van der Waals surface area (Å²) in [6.07, 6.45) is 0. The van der Waals surface area contributed by atoms with Crippen LogP contribution in [0.25, 0.3) is 0 Å². The Labute approximate surface area is 109 Å². The molecule has 0 bridgehead atoms. The molecule has 0 amide bonds. The molecule has 0 saturated carbocycles. The smallest absolute Gasteiger partial charge is 0.344 e. The number of methoxy groups -OCH3 is 1. The van der Waals surface area contributed by atoms with Gasteiger partial charge >= 0.3 is 5.97 Å². The van der Waals surface area contributed by atoms with Crippen LogP contribution in [0, 0.1) is 0 Å². The first-order chi connectivity index (χ1) is 8.44. The Bertz CT molecular complexity index is 552. The van der Waals surface area contributed by atoms with Crippen LogP contribution < -0.4 is 10.6 Å². The van der Waals surface area contributed by atoms with Crippen molar-refractivity contribution in [1.29, 1.82) is 0 Å². The molecule has 0 aromatic carbocycles. The largest absolute Gasteiger partial charge is 0.465 e. The minimum absolute atomic E-state index is 0.0748. The lowest BCUT2D eigenvalue weighted by atomic mass is 10.3. The third-order valence-corrected chi connectivity index (χ3v) is 5.25. The molecule has 0 atom stereocenters. The van der Waals surface area contributed by atoms with Crippen LogP contribution in [0.4, 0.5) is 10.8 Å². The summed E-state index contributed by atoms with van der Waals surface area (Å²) in [6.45, 7) is 0.682. The zero-order valence-electron chi connectivity index (χ0n) is 9.75. The average Bonchev–Trinajstić information content (AvgIpc) is 2.70. The Morgan fingerprint density at radius 3 is 2.61 bits per heavy atom. The molecule has 1 aromatic rings. The topological polar surface area (TPSA) is 103 Å². The van der Waals surface area contributed by atoms with Gasteiger partial charge in [-0.15, -0.1) is 0 Å². The van der Waals surface area contributed by atoms with Gasteiger partial charge < -0.3 is 15.4 Å². The van der Waals surface area contributed by atoms with E-state index in [1.165, 1.54) is 7.11 Å². The summed E-state index contributed by atoms with van der Waals surface area (Å²) in [7, 11) is -1.69. The van der Waals surface area contributed by atoms with Gasteiger partial charge in [-0.1, -0.05) is 0 Å². The van der Waals surface area contributed by atoms with E-state index in [2.05, 4.69) is 9.11 Å². The molecule has 18 heavy (non-hydrogen) atoms. The van der Waals surface area contributed by atoms with Crippen LogP contribution in [0.5, 0.6) is 0 Å². The number of hydrogen-bond donors (Lipinski definition) is 1. The highest BCUT2D eigenvalue weighted by molar-refractivity contribution is 7.91. The first-order valence-corrected chi connectivity index (χ1v) is 7.83. The Morgan fingerprint density at radius 2 is 2.06 bits per heavy atom. The molecular weight excluding hydrogens is 278 g/mol. The molecule has 1 aliphatic rings. The van der Waals surface area contributed by atoms with Gasteiger partial charge in [-0.25, -0.2) is 13.2 Å². The van der Waals surface area contributed by atoms with Crippen molar-refractivity contribution >= 4 is 38.2 Å². The third-order valence-electron chi connectivity index (χ3n) is 2.72. The molecule has 1 fully saturated rings. The highest BCUT2D eigenvalue weighted by Crippen LogP contribution is 2.31. The molecule has 9 heteroatoms. The molecule has 0 unspecified atom stereocenters. The monoisotopic (exact) mass is 291 g/mol. The number of aromatic nitrogens is 1. The second kappa shape index (κ2) is 4.73. The third kappa shape index (κ3) is 2.41. The molecule has 0 radical (unpaired) electrons. The zero-order valence-corrected chi connectivity index (χ0v) is 11.4. The van der Waals surface area contributed by atoms with Gasteiger partial charge in [0, 0.05) is 13.1 Å². The standard InChI is InChI=1S/C9H13N3O4S2/c1-16-9(13)6-7(10)11-17-8(6)12-2-4-18(14,15)5-3-12/h2-5H2,1H3,(H2,10,11). The second-order valence-corrected chi connectivity index (χ2v) is 6.93. The van der Waals surface area contributed by atoms with Crippen molar-refractivity contribution in [2.75, 3.05) is 42.3 Å². The summed E-state index contributed by atoms with van der Waals surface area (Å²) < 4.78 is 31.3. The van der Waals surface area contributed by atoms with Gasteiger partial charge in [0.25, 0.3) is 0 Å². The van der Waals surface area contributed by atoms with Crippen LogP contribution in [-0.2, 0) is 14.6 Å². The molecule has 100 valence electrons. The number of carbonyl (C=O) groups excluding carboxylic acids is 1. The van der Waals surface area contributed by atoms with Crippen LogP contribution in [0.1, 0.15) is 10.4 Å². The summed E-state index contributed by atoms with van der Waals surface area (Å²) in [5.41, 5.74) is 5.86. The van der Waals surface area contributed by atoms with E-state index >= 15 is 0 Å². The van der Waals surface area contributed by atoms with Crippen molar-refractivity contribution in [2.45, 2.75) is 0 Å². The number of anilines is 2. The van der Waals surface area contributed by atoms with E-state index in [0.717, 1.165) is 11.5 Å². The maximum atomic E-state index is 11.6. The van der Waals surface area contributed by atoms with Crippen molar-refractivity contribution < 1.29 is 17.9 Å². The van der Waals surface area contributed by atoms with Gasteiger partial charge in [0.15, 0.2) is 15.7 Å². The number of nitrogens with two attached hydrogens (primary N) is 1. The first kappa shape index (κ1) is 13.1. The molecular formula is C9H13N3O4S2. The molecule has 0 aliphatic carbocycles. The summed E-state index contributed by atoms with van der Waals surface area (Å²) in [4.78, 5) is 13.4. The van der Waals surface area contributed by atoms with E-state index in [-0.39, 0.29) is 22.9 Å². The average molecular weight is 291 g/mol. The van der Waals surface area contributed by atoms with Crippen molar-refractivity contribution in [3.63, 3.8) is 0 Å². The fraction of sp³-hybridized carbons (Fsp3) is 0.556. The van der Waals surface area contributed by atoms with E-state index in [1.54, 1.807) is 4.90 Å². The van der Waals surface area contributed by atoms with Gasteiger partial charge in [0.2, 0.25) is 0 Å². The van der Waals surface area contributed by atoms with Gasteiger partial charge in [0.05, 0.1) is 18.6 Å².